The lowest BCUT2D eigenvalue weighted by Crippen LogP contribution is -2.36. The zero-order chi connectivity index (χ0) is 26.2. The normalized spacial score (nSPS) is 15.2. The van der Waals surface area contributed by atoms with Gasteiger partial charge in [-0.05, 0) is 31.9 Å². The fourth-order valence-electron chi connectivity index (χ4n) is 4.02. The van der Waals surface area contributed by atoms with E-state index in [2.05, 4.69) is 20.8 Å². The number of carboxylic acids is 1. The van der Waals surface area contributed by atoms with Crippen molar-refractivity contribution in [2.45, 2.75) is 147 Å². The Morgan fingerprint density at radius 3 is 1.86 bits per heavy atom. The summed E-state index contributed by atoms with van der Waals surface area (Å²) in [5.74, 6) is -0.463. The number of carboxylic acid groups (broad SMARTS) is 1. The number of unbranched alkanes of at least 4 members (excludes halogenated alkanes) is 13. The van der Waals surface area contributed by atoms with Gasteiger partial charge in [0.1, 0.15) is 0 Å². The van der Waals surface area contributed by atoms with Crippen LogP contribution < -0.4 is 0 Å². The molecule has 0 bridgehead atoms. The van der Waals surface area contributed by atoms with E-state index in [0.717, 1.165) is 6.42 Å². The van der Waals surface area contributed by atoms with Crippen LogP contribution in [0.1, 0.15) is 130 Å². The topological polar surface area (TPSA) is 93.1 Å². The second-order valence-corrected chi connectivity index (χ2v) is 11.9. The summed E-state index contributed by atoms with van der Waals surface area (Å²) in [7, 11) is -1.48. The molecule has 4 unspecified atom stereocenters. The van der Waals surface area contributed by atoms with Crippen molar-refractivity contribution in [1.82, 2.24) is 0 Å². The first-order valence-electron chi connectivity index (χ1n) is 14.1. The van der Waals surface area contributed by atoms with Crippen molar-refractivity contribution < 1.29 is 29.0 Å². The maximum Gasteiger partial charge on any atom is 0.470 e. The van der Waals surface area contributed by atoms with Gasteiger partial charge in [0.2, 0.25) is 0 Å². The van der Waals surface area contributed by atoms with E-state index in [1.54, 1.807) is 0 Å². The average molecular weight is 538 g/mol. The molecule has 0 saturated carbocycles. The molecule has 0 rings (SSSR count). The van der Waals surface area contributed by atoms with Crippen molar-refractivity contribution in [2.75, 3.05) is 19.0 Å². The molecular weight excluding hydrogens is 483 g/mol. The monoisotopic (exact) mass is 537 g/mol. The van der Waals surface area contributed by atoms with Crippen LogP contribution >= 0.6 is 20.2 Å². The molecule has 0 heterocycles. The molecule has 0 radical (unpaired) electrons. The third-order valence-corrected chi connectivity index (χ3v) is 8.56. The van der Waals surface area contributed by atoms with Gasteiger partial charge in [-0.25, -0.2) is 4.79 Å². The molecule has 0 aromatic rings. The molecule has 2 N–H and O–H groups in total. The van der Waals surface area contributed by atoms with Crippen LogP contribution in [0.25, 0.3) is 0 Å². The summed E-state index contributed by atoms with van der Waals surface area (Å²) in [5.41, 5.74) is -2.61. The van der Waals surface area contributed by atoms with Crippen molar-refractivity contribution in [3.05, 3.63) is 0 Å². The standard InChI is InChI=1S/C27H53O6PS/c1-4-6-8-10-12-14-16-18-23-35-25(20-17-15-13-11-9-7-5-2)24(3)32-21-19-22-33-27(30,34-31)26(28)29/h24-25,30H,4-23H2,1-3H3,(H,28,29)/p+1. The van der Waals surface area contributed by atoms with Crippen LogP contribution in [0, 0.1) is 0 Å². The lowest BCUT2D eigenvalue weighted by Gasteiger charge is -2.24. The van der Waals surface area contributed by atoms with Gasteiger partial charge in [0.25, 0.3) is 0 Å². The fourth-order valence-corrected chi connectivity index (χ4v) is 5.62. The van der Waals surface area contributed by atoms with Crippen molar-refractivity contribution >= 4 is 26.2 Å². The van der Waals surface area contributed by atoms with Gasteiger partial charge in [-0.15, -0.1) is 0 Å². The van der Waals surface area contributed by atoms with Crippen molar-refractivity contribution in [3.63, 3.8) is 0 Å². The Hall–Kier alpha value is -0.200. The molecule has 35 heavy (non-hydrogen) atoms. The van der Waals surface area contributed by atoms with Crippen LogP contribution in [-0.4, -0.2) is 52.0 Å². The summed E-state index contributed by atoms with van der Waals surface area (Å²) in [4.78, 5) is 10.9. The van der Waals surface area contributed by atoms with Crippen molar-refractivity contribution in [3.8, 4) is 0 Å². The van der Waals surface area contributed by atoms with Gasteiger partial charge in [0.15, 0.2) is 0 Å². The highest BCUT2D eigenvalue weighted by Crippen LogP contribution is 2.26. The molecule has 0 aliphatic rings. The van der Waals surface area contributed by atoms with Gasteiger partial charge in [-0.1, -0.05) is 108 Å². The Balaban J connectivity index is 4.28. The summed E-state index contributed by atoms with van der Waals surface area (Å²) in [5, 5.41) is 19.0. The van der Waals surface area contributed by atoms with E-state index in [-0.39, 0.29) is 12.7 Å². The van der Waals surface area contributed by atoms with Crippen LogP contribution in [0.5, 0.6) is 0 Å². The predicted molar refractivity (Wildman–Crippen MR) is 149 cm³/mol. The Morgan fingerprint density at radius 1 is 0.829 bits per heavy atom. The van der Waals surface area contributed by atoms with Gasteiger partial charge in [0, 0.05) is 11.9 Å². The zero-order valence-corrected chi connectivity index (χ0v) is 24.5. The van der Waals surface area contributed by atoms with Crippen LogP contribution in [-0.2, 0) is 18.8 Å². The van der Waals surface area contributed by atoms with E-state index in [1.807, 2.05) is 11.8 Å². The molecule has 0 fully saturated rings. The SMILES string of the molecule is CCCCCCCCCCSC(CCCCCCCCC)C(C)OCCCOC(O)([PH+]=O)C(=O)O. The molecule has 0 aromatic carbocycles. The number of hydrogen-bond acceptors (Lipinski definition) is 6. The summed E-state index contributed by atoms with van der Waals surface area (Å²) < 4.78 is 21.9. The summed E-state index contributed by atoms with van der Waals surface area (Å²) in [6.07, 6.45) is 21.5. The molecule has 0 aromatic heterocycles. The lowest BCUT2D eigenvalue weighted by atomic mass is 10.1. The smallest absolute Gasteiger partial charge is 0.470 e. The van der Waals surface area contributed by atoms with Crippen LogP contribution in [0.3, 0.4) is 0 Å². The van der Waals surface area contributed by atoms with E-state index in [1.165, 1.54) is 102 Å². The first kappa shape index (κ1) is 34.8. The van der Waals surface area contributed by atoms with Gasteiger partial charge in [-0.3, -0.25) is 0 Å². The summed E-state index contributed by atoms with van der Waals surface area (Å²) >= 11 is 2.03. The largest absolute Gasteiger partial charge is 0.474 e. The third-order valence-electron chi connectivity index (χ3n) is 6.35. The number of aliphatic carboxylic acids is 1. The minimum Gasteiger partial charge on any atom is -0.474 e. The quantitative estimate of drug-likeness (QED) is 0.0624. The third kappa shape index (κ3) is 19.6. The highest BCUT2D eigenvalue weighted by Gasteiger charge is 2.47. The summed E-state index contributed by atoms with van der Waals surface area (Å²) in [6, 6.07) is 0. The van der Waals surface area contributed by atoms with E-state index in [0.29, 0.717) is 18.3 Å². The molecule has 0 aliphatic heterocycles. The molecule has 0 amide bonds. The molecular formula is C27H54O6PS+. The minimum atomic E-state index is -2.61. The van der Waals surface area contributed by atoms with Crippen LogP contribution in [0.2, 0.25) is 0 Å². The molecule has 208 valence electrons. The molecule has 0 saturated heterocycles. The number of carbonyl (C=O) groups is 1. The Bertz CT molecular complexity index is 510. The molecule has 6 nitrogen and oxygen atoms in total. The van der Waals surface area contributed by atoms with E-state index in [4.69, 9.17) is 14.6 Å². The van der Waals surface area contributed by atoms with Gasteiger partial charge in [0.05, 0.1) is 12.7 Å². The van der Waals surface area contributed by atoms with Crippen molar-refractivity contribution in [1.29, 1.82) is 0 Å². The van der Waals surface area contributed by atoms with E-state index < -0.39 is 20.0 Å². The van der Waals surface area contributed by atoms with Crippen LogP contribution in [0.15, 0.2) is 0 Å². The predicted octanol–water partition coefficient (Wildman–Crippen LogP) is 7.94. The maximum atomic E-state index is 10.9. The van der Waals surface area contributed by atoms with Gasteiger partial charge >= 0.3 is 20.0 Å². The van der Waals surface area contributed by atoms with E-state index >= 15 is 0 Å². The number of rotatable bonds is 27. The number of aliphatic hydroxyl groups is 1. The number of thioether (sulfide) groups is 1. The maximum absolute atomic E-state index is 10.9. The average Bonchev–Trinajstić information content (AvgIpc) is 2.85. The van der Waals surface area contributed by atoms with E-state index in [9.17, 15) is 14.5 Å². The second-order valence-electron chi connectivity index (χ2n) is 9.62. The highest BCUT2D eigenvalue weighted by molar-refractivity contribution is 7.99. The Labute approximate surface area is 220 Å². The van der Waals surface area contributed by atoms with Crippen LogP contribution in [0.4, 0.5) is 0 Å². The van der Waals surface area contributed by atoms with Crippen molar-refractivity contribution in [2.24, 2.45) is 0 Å². The number of ether oxygens (including phenoxy) is 2. The lowest BCUT2D eigenvalue weighted by molar-refractivity contribution is -0.190. The fraction of sp³-hybridized carbons (Fsp3) is 0.963. The molecule has 8 heteroatoms. The minimum absolute atomic E-state index is 0.0153. The summed E-state index contributed by atoms with van der Waals surface area (Å²) in [6.45, 7) is 7.04. The molecule has 0 spiro atoms. The van der Waals surface area contributed by atoms with Gasteiger partial charge < -0.3 is 19.7 Å². The molecule has 4 atom stereocenters. The second kappa shape index (κ2) is 24.2. The Morgan fingerprint density at radius 2 is 1.34 bits per heavy atom. The first-order valence-corrected chi connectivity index (χ1v) is 16.1. The van der Waals surface area contributed by atoms with Gasteiger partial charge in [-0.2, -0.15) is 11.8 Å². The first-order chi connectivity index (χ1) is 16.9. The zero-order valence-electron chi connectivity index (χ0n) is 22.7. The highest BCUT2D eigenvalue weighted by atomic mass is 32.2. The number of hydrogen-bond donors (Lipinski definition) is 2. The Kier molecular flexibility index (Phi) is 24.0. The molecule has 0 aliphatic carbocycles.